The van der Waals surface area contributed by atoms with Crippen LogP contribution in [0.4, 0.5) is 0 Å². The third-order valence-corrected chi connectivity index (χ3v) is 2.72. The number of amidine groups is 1. The van der Waals surface area contributed by atoms with Gasteiger partial charge in [0.2, 0.25) is 0 Å². The Hall–Kier alpha value is -2.60. The van der Waals surface area contributed by atoms with E-state index in [1.165, 1.54) is 0 Å². The maximum atomic E-state index is 9.07. The third-order valence-electron chi connectivity index (χ3n) is 2.72. The average Bonchev–Trinajstić information content (AvgIpc) is 2.52. The highest BCUT2D eigenvalue weighted by atomic mass is 16.5. The van der Waals surface area contributed by atoms with Crippen molar-refractivity contribution in [2.75, 3.05) is 0 Å². The van der Waals surface area contributed by atoms with E-state index in [-0.39, 0.29) is 19.0 Å². The molecule has 6 heteroatoms. The summed E-state index contributed by atoms with van der Waals surface area (Å²) in [4.78, 5) is 4.06. The van der Waals surface area contributed by atoms with Crippen LogP contribution in [0.15, 0.2) is 47.8 Å². The van der Waals surface area contributed by atoms with E-state index in [1.807, 2.05) is 0 Å². The molecule has 1 aromatic carbocycles. The van der Waals surface area contributed by atoms with Gasteiger partial charge in [-0.25, -0.2) is 0 Å². The van der Waals surface area contributed by atoms with E-state index >= 15 is 0 Å². The number of rotatable bonds is 5. The lowest BCUT2D eigenvalue weighted by Gasteiger charge is -2.10. The van der Waals surface area contributed by atoms with Gasteiger partial charge in [0.1, 0.15) is 18.1 Å². The van der Waals surface area contributed by atoms with Crippen molar-refractivity contribution in [3.8, 4) is 5.75 Å². The predicted molar refractivity (Wildman–Crippen MR) is 73.4 cm³/mol. The van der Waals surface area contributed by atoms with Gasteiger partial charge in [0.15, 0.2) is 5.84 Å². The lowest BCUT2D eigenvalue weighted by molar-refractivity contribution is 0.278. The molecule has 1 aromatic heterocycles. The normalized spacial score (nSPS) is 11.3. The van der Waals surface area contributed by atoms with E-state index in [1.54, 1.807) is 42.6 Å². The van der Waals surface area contributed by atoms with Crippen molar-refractivity contribution in [2.45, 2.75) is 13.2 Å². The van der Waals surface area contributed by atoms with E-state index in [9.17, 15) is 0 Å². The molecular formula is C14H15N3O3. The first kappa shape index (κ1) is 13.8. The van der Waals surface area contributed by atoms with Gasteiger partial charge in [-0.3, -0.25) is 4.98 Å². The Morgan fingerprint density at radius 2 is 2.15 bits per heavy atom. The Bertz CT molecular complexity index is 614. The Balaban J connectivity index is 2.14. The summed E-state index contributed by atoms with van der Waals surface area (Å²) in [7, 11) is 0. The SMILES string of the molecule is NC(=NO)c1ncccc1COc1cccc(CO)c1. The van der Waals surface area contributed by atoms with Crippen LogP contribution in [-0.2, 0) is 13.2 Å². The summed E-state index contributed by atoms with van der Waals surface area (Å²) >= 11 is 0. The molecule has 2 aromatic rings. The molecular weight excluding hydrogens is 258 g/mol. The number of nitrogens with zero attached hydrogens (tertiary/aromatic N) is 2. The largest absolute Gasteiger partial charge is 0.489 e. The van der Waals surface area contributed by atoms with Gasteiger partial charge in [-0.15, -0.1) is 0 Å². The van der Waals surface area contributed by atoms with Crippen molar-refractivity contribution in [1.29, 1.82) is 0 Å². The van der Waals surface area contributed by atoms with Crippen LogP contribution >= 0.6 is 0 Å². The fourth-order valence-corrected chi connectivity index (χ4v) is 1.73. The van der Waals surface area contributed by atoms with Crippen LogP contribution in [0.2, 0.25) is 0 Å². The predicted octanol–water partition coefficient (Wildman–Crippen LogP) is 1.25. The van der Waals surface area contributed by atoms with Crippen molar-refractivity contribution in [1.82, 2.24) is 4.98 Å². The summed E-state index contributed by atoms with van der Waals surface area (Å²) in [6.07, 6.45) is 1.56. The number of aliphatic hydroxyl groups excluding tert-OH is 1. The molecule has 0 radical (unpaired) electrons. The monoisotopic (exact) mass is 273 g/mol. The lowest BCUT2D eigenvalue weighted by Crippen LogP contribution is -2.18. The smallest absolute Gasteiger partial charge is 0.189 e. The molecule has 4 N–H and O–H groups in total. The zero-order valence-electron chi connectivity index (χ0n) is 10.7. The van der Waals surface area contributed by atoms with Crippen molar-refractivity contribution < 1.29 is 15.1 Å². The Kier molecular flexibility index (Phi) is 4.52. The van der Waals surface area contributed by atoms with Crippen LogP contribution in [-0.4, -0.2) is 21.1 Å². The first-order valence-electron chi connectivity index (χ1n) is 5.99. The minimum absolute atomic E-state index is 0.0422. The highest BCUT2D eigenvalue weighted by Gasteiger charge is 2.08. The van der Waals surface area contributed by atoms with Crippen LogP contribution in [0.1, 0.15) is 16.8 Å². The molecule has 0 atom stereocenters. The summed E-state index contributed by atoms with van der Waals surface area (Å²) in [5, 5.41) is 20.7. The molecule has 0 saturated heterocycles. The molecule has 104 valence electrons. The standard InChI is InChI=1S/C14H15N3O3/c15-14(17-19)13-11(4-2-6-16-13)9-20-12-5-1-3-10(7-12)8-18/h1-7,18-19H,8-9H2,(H2,15,17). The number of nitrogens with two attached hydrogens (primary N) is 1. The van der Waals surface area contributed by atoms with Crippen LogP contribution in [0.25, 0.3) is 0 Å². The van der Waals surface area contributed by atoms with Crippen molar-refractivity contribution >= 4 is 5.84 Å². The molecule has 6 nitrogen and oxygen atoms in total. The second-order valence-electron chi connectivity index (χ2n) is 4.09. The third kappa shape index (κ3) is 3.24. The summed E-state index contributed by atoms with van der Waals surface area (Å²) < 4.78 is 5.63. The molecule has 0 amide bonds. The zero-order valence-corrected chi connectivity index (χ0v) is 10.7. The zero-order chi connectivity index (χ0) is 14.4. The average molecular weight is 273 g/mol. The van der Waals surface area contributed by atoms with Gasteiger partial charge < -0.3 is 20.8 Å². The van der Waals surface area contributed by atoms with E-state index in [0.29, 0.717) is 17.0 Å². The molecule has 0 unspecified atom stereocenters. The molecule has 0 spiro atoms. The van der Waals surface area contributed by atoms with Crippen molar-refractivity contribution in [3.63, 3.8) is 0 Å². The lowest BCUT2D eigenvalue weighted by atomic mass is 10.2. The van der Waals surface area contributed by atoms with Crippen LogP contribution in [0.5, 0.6) is 5.75 Å². The molecule has 0 aliphatic rings. The van der Waals surface area contributed by atoms with E-state index < -0.39 is 0 Å². The molecule has 0 aliphatic heterocycles. The van der Waals surface area contributed by atoms with Gasteiger partial charge in [0.25, 0.3) is 0 Å². The van der Waals surface area contributed by atoms with E-state index in [0.717, 1.165) is 5.56 Å². The summed E-state index contributed by atoms with van der Waals surface area (Å²) in [6, 6.07) is 10.7. The quantitative estimate of drug-likeness (QED) is 0.329. The number of ether oxygens (including phenoxy) is 1. The van der Waals surface area contributed by atoms with E-state index in [4.69, 9.17) is 20.8 Å². The molecule has 0 saturated carbocycles. The van der Waals surface area contributed by atoms with Crippen LogP contribution in [0, 0.1) is 0 Å². The highest BCUT2D eigenvalue weighted by molar-refractivity contribution is 5.96. The second-order valence-corrected chi connectivity index (χ2v) is 4.09. The molecule has 0 bridgehead atoms. The van der Waals surface area contributed by atoms with Crippen molar-refractivity contribution in [2.24, 2.45) is 10.9 Å². The van der Waals surface area contributed by atoms with Gasteiger partial charge >= 0.3 is 0 Å². The fourth-order valence-electron chi connectivity index (χ4n) is 1.73. The number of benzene rings is 1. The number of oxime groups is 1. The van der Waals surface area contributed by atoms with Gasteiger partial charge in [-0.05, 0) is 23.8 Å². The fraction of sp³-hybridized carbons (Fsp3) is 0.143. The van der Waals surface area contributed by atoms with Gasteiger partial charge in [0, 0.05) is 11.8 Å². The Labute approximate surface area is 116 Å². The minimum atomic E-state index is -0.0618. The number of hydrogen-bond acceptors (Lipinski definition) is 5. The van der Waals surface area contributed by atoms with Gasteiger partial charge in [-0.1, -0.05) is 23.4 Å². The molecule has 1 heterocycles. The number of aliphatic hydroxyl groups is 1. The maximum Gasteiger partial charge on any atom is 0.189 e. The van der Waals surface area contributed by atoms with Crippen LogP contribution in [0.3, 0.4) is 0 Å². The number of hydrogen-bond donors (Lipinski definition) is 3. The molecule has 0 aliphatic carbocycles. The summed E-state index contributed by atoms with van der Waals surface area (Å²) in [5.41, 5.74) is 7.42. The number of pyridine rings is 1. The number of aromatic nitrogens is 1. The molecule has 2 rings (SSSR count). The maximum absolute atomic E-state index is 9.07. The topological polar surface area (TPSA) is 101 Å². The van der Waals surface area contributed by atoms with Crippen LogP contribution < -0.4 is 10.5 Å². The second kappa shape index (κ2) is 6.53. The summed E-state index contributed by atoms with van der Waals surface area (Å²) in [5.74, 6) is 0.569. The Morgan fingerprint density at radius 1 is 1.30 bits per heavy atom. The Morgan fingerprint density at radius 3 is 2.90 bits per heavy atom. The molecule has 20 heavy (non-hydrogen) atoms. The highest BCUT2D eigenvalue weighted by Crippen LogP contribution is 2.16. The first-order chi connectivity index (χ1) is 9.74. The molecule has 0 fully saturated rings. The van der Waals surface area contributed by atoms with Gasteiger partial charge in [-0.2, -0.15) is 0 Å². The van der Waals surface area contributed by atoms with E-state index in [2.05, 4.69) is 10.1 Å². The first-order valence-corrected chi connectivity index (χ1v) is 5.99. The van der Waals surface area contributed by atoms with Crippen molar-refractivity contribution in [3.05, 3.63) is 59.4 Å². The summed E-state index contributed by atoms with van der Waals surface area (Å²) in [6.45, 7) is 0.188. The minimum Gasteiger partial charge on any atom is -0.489 e. The van der Waals surface area contributed by atoms with Gasteiger partial charge in [0.05, 0.1) is 6.61 Å².